The molecule has 5 nitrogen and oxygen atoms in total. The van der Waals surface area contributed by atoms with Crippen molar-refractivity contribution in [1.29, 1.82) is 0 Å². The molecule has 1 fully saturated rings. The van der Waals surface area contributed by atoms with Gasteiger partial charge in [-0.1, -0.05) is 17.7 Å². The van der Waals surface area contributed by atoms with Crippen molar-refractivity contribution < 1.29 is 9.53 Å². The van der Waals surface area contributed by atoms with Crippen LogP contribution in [0.2, 0.25) is 5.15 Å². The summed E-state index contributed by atoms with van der Waals surface area (Å²) in [5.41, 5.74) is 0.515. The highest BCUT2D eigenvalue weighted by Crippen LogP contribution is 2.25. The molecule has 3 rings (SSSR count). The van der Waals surface area contributed by atoms with E-state index in [1.807, 2.05) is 6.07 Å². The number of morpholine rings is 1. The standard InChI is InChI=1S/C16H18ClN3O2S/c17-15-4-3-12(10-18-15)16(21)19-11-13(14-2-1-9-23-14)20-5-7-22-8-6-20/h1-4,9-10,13H,5-8,11H2,(H,19,21). The summed E-state index contributed by atoms with van der Waals surface area (Å²) in [6.45, 7) is 3.78. The van der Waals surface area contributed by atoms with Crippen molar-refractivity contribution >= 4 is 28.8 Å². The molecule has 0 saturated carbocycles. The normalized spacial score (nSPS) is 16.9. The number of hydrogen-bond donors (Lipinski definition) is 1. The Bertz CT molecular complexity index is 627. The quantitative estimate of drug-likeness (QED) is 0.841. The van der Waals surface area contributed by atoms with Gasteiger partial charge in [0.1, 0.15) is 5.15 Å². The van der Waals surface area contributed by atoms with E-state index in [0.29, 0.717) is 17.3 Å². The van der Waals surface area contributed by atoms with Gasteiger partial charge >= 0.3 is 0 Å². The lowest BCUT2D eigenvalue weighted by Gasteiger charge is -2.34. The Morgan fingerprint density at radius 3 is 2.87 bits per heavy atom. The number of thiophene rings is 1. The number of ether oxygens (including phenoxy) is 1. The Morgan fingerprint density at radius 1 is 1.39 bits per heavy atom. The highest BCUT2D eigenvalue weighted by molar-refractivity contribution is 7.10. The van der Waals surface area contributed by atoms with Crippen LogP contribution in [-0.2, 0) is 4.74 Å². The van der Waals surface area contributed by atoms with E-state index in [2.05, 4.69) is 26.6 Å². The van der Waals surface area contributed by atoms with E-state index in [1.165, 1.54) is 11.1 Å². The largest absolute Gasteiger partial charge is 0.379 e. The molecule has 0 bridgehead atoms. The molecular weight excluding hydrogens is 334 g/mol. The highest BCUT2D eigenvalue weighted by Gasteiger charge is 2.24. The number of halogens is 1. The molecule has 1 amide bonds. The van der Waals surface area contributed by atoms with Gasteiger partial charge in [-0.05, 0) is 23.6 Å². The zero-order chi connectivity index (χ0) is 16.1. The average Bonchev–Trinajstić information content (AvgIpc) is 3.11. The summed E-state index contributed by atoms with van der Waals surface area (Å²) in [6, 6.07) is 7.62. The van der Waals surface area contributed by atoms with Gasteiger partial charge in [0.05, 0.1) is 24.8 Å². The van der Waals surface area contributed by atoms with Crippen LogP contribution in [0.1, 0.15) is 21.3 Å². The van der Waals surface area contributed by atoms with E-state index < -0.39 is 0 Å². The van der Waals surface area contributed by atoms with Crippen LogP contribution in [0.25, 0.3) is 0 Å². The molecule has 3 heterocycles. The van der Waals surface area contributed by atoms with Crippen LogP contribution in [0, 0.1) is 0 Å². The van der Waals surface area contributed by atoms with Crippen molar-refractivity contribution in [3.05, 3.63) is 51.4 Å². The molecule has 0 radical (unpaired) electrons. The number of nitrogens with zero attached hydrogens (tertiary/aromatic N) is 2. The van der Waals surface area contributed by atoms with Crippen LogP contribution in [0.3, 0.4) is 0 Å². The molecule has 0 aliphatic carbocycles. The fraction of sp³-hybridized carbons (Fsp3) is 0.375. The molecule has 23 heavy (non-hydrogen) atoms. The van der Waals surface area contributed by atoms with Crippen LogP contribution in [0.5, 0.6) is 0 Å². The molecule has 2 aromatic rings. The lowest BCUT2D eigenvalue weighted by Crippen LogP contribution is -2.43. The maximum atomic E-state index is 12.3. The summed E-state index contributed by atoms with van der Waals surface area (Å²) in [6.07, 6.45) is 1.49. The van der Waals surface area contributed by atoms with E-state index >= 15 is 0 Å². The zero-order valence-electron chi connectivity index (χ0n) is 12.6. The lowest BCUT2D eigenvalue weighted by molar-refractivity contribution is 0.0169. The van der Waals surface area contributed by atoms with Crippen LogP contribution in [-0.4, -0.2) is 48.6 Å². The Balaban J connectivity index is 1.66. The molecule has 1 saturated heterocycles. The van der Waals surface area contributed by atoms with Crippen molar-refractivity contribution in [1.82, 2.24) is 15.2 Å². The van der Waals surface area contributed by atoms with Crippen LogP contribution in [0.4, 0.5) is 0 Å². The Hall–Kier alpha value is -1.47. The van der Waals surface area contributed by atoms with Crippen LogP contribution in [0.15, 0.2) is 35.8 Å². The maximum absolute atomic E-state index is 12.3. The van der Waals surface area contributed by atoms with Gasteiger partial charge in [0.15, 0.2) is 0 Å². The first-order chi connectivity index (χ1) is 11.2. The van der Waals surface area contributed by atoms with Gasteiger partial charge in [-0.3, -0.25) is 9.69 Å². The first-order valence-electron chi connectivity index (χ1n) is 7.49. The topological polar surface area (TPSA) is 54.5 Å². The van der Waals surface area contributed by atoms with E-state index in [-0.39, 0.29) is 11.9 Å². The Morgan fingerprint density at radius 2 is 2.22 bits per heavy atom. The predicted octanol–water partition coefficient (Wildman–Crippen LogP) is 2.60. The van der Waals surface area contributed by atoms with Gasteiger partial charge in [0, 0.05) is 30.7 Å². The van der Waals surface area contributed by atoms with Gasteiger partial charge < -0.3 is 10.1 Å². The maximum Gasteiger partial charge on any atom is 0.252 e. The second-order valence-corrected chi connectivity index (χ2v) is 6.63. The fourth-order valence-corrected chi connectivity index (χ4v) is 3.55. The van der Waals surface area contributed by atoms with Gasteiger partial charge in [0.2, 0.25) is 0 Å². The first-order valence-corrected chi connectivity index (χ1v) is 8.75. The summed E-state index contributed by atoms with van der Waals surface area (Å²) >= 11 is 7.46. The number of hydrogen-bond acceptors (Lipinski definition) is 5. The molecule has 0 spiro atoms. The Labute approximate surface area is 144 Å². The summed E-state index contributed by atoms with van der Waals surface area (Å²) in [5, 5.41) is 5.45. The van der Waals surface area contributed by atoms with Crippen molar-refractivity contribution in [2.24, 2.45) is 0 Å². The molecular formula is C16H18ClN3O2S. The van der Waals surface area contributed by atoms with Gasteiger partial charge in [-0.25, -0.2) is 4.98 Å². The zero-order valence-corrected chi connectivity index (χ0v) is 14.1. The van der Waals surface area contributed by atoms with E-state index in [0.717, 1.165) is 26.3 Å². The summed E-state index contributed by atoms with van der Waals surface area (Å²) in [7, 11) is 0. The predicted molar refractivity (Wildman–Crippen MR) is 91.0 cm³/mol. The van der Waals surface area contributed by atoms with Crippen molar-refractivity contribution in [2.75, 3.05) is 32.8 Å². The third-order valence-electron chi connectivity index (χ3n) is 3.80. The number of carbonyl (C=O) groups is 1. The number of amides is 1. The average molecular weight is 352 g/mol. The summed E-state index contributed by atoms with van der Waals surface area (Å²) in [4.78, 5) is 19.8. The van der Waals surface area contributed by atoms with E-state index in [9.17, 15) is 4.79 Å². The third kappa shape index (κ3) is 4.29. The highest BCUT2D eigenvalue weighted by atomic mass is 35.5. The molecule has 0 aromatic carbocycles. The number of nitrogens with one attached hydrogen (secondary N) is 1. The fourth-order valence-electron chi connectivity index (χ4n) is 2.58. The van der Waals surface area contributed by atoms with Crippen LogP contribution >= 0.6 is 22.9 Å². The summed E-state index contributed by atoms with van der Waals surface area (Å²) < 4.78 is 5.43. The molecule has 1 N–H and O–H groups in total. The number of rotatable bonds is 5. The molecule has 122 valence electrons. The second-order valence-electron chi connectivity index (χ2n) is 5.26. The molecule has 1 aliphatic heterocycles. The molecule has 1 unspecified atom stereocenters. The van der Waals surface area contributed by atoms with Crippen molar-refractivity contribution in [2.45, 2.75) is 6.04 Å². The number of pyridine rings is 1. The summed E-state index contributed by atoms with van der Waals surface area (Å²) in [5.74, 6) is -0.135. The van der Waals surface area contributed by atoms with Crippen LogP contribution < -0.4 is 5.32 Å². The van der Waals surface area contributed by atoms with Crippen molar-refractivity contribution in [3.63, 3.8) is 0 Å². The minimum absolute atomic E-state index is 0.135. The number of aromatic nitrogens is 1. The second kappa shape index (κ2) is 7.88. The van der Waals surface area contributed by atoms with E-state index in [1.54, 1.807) is 23.5 Å². The lowest BCUT2D eigenvalue weighted by atomic mass is 10.1. The molecule has 2 aromatic heterocycles. The van der Waals surface area contributed by atoms with Gasteiger partial charge in [-0.15, -0.1) is 11.3 Å². The first kappa shape index (κ1) is 16.4. The van der Waals surface area contributed by atoms with Crippen molar-refractivity contribution in [3.8, 4) is 0 Å². The Kier molecular flexibility index (Phi) is 5.61. The molecule has 1 aliphatic rings. The molecule has 1 atom stereocenters. The monoisotopic (exact) mass is 351 g/mol. The van der Waals surface area contributed by atoms with Gasteiger partial charge in [-0.2, -0.15) is 0 Å². The number of carbonyl (C=O) groups excluding carboxylic acids is 1. The minimum atomic E-state index is -0.135. The third-order valence-corrected chi connectivity index (χ3v) is 5.00. The van der Waals surface area contributed by atoms with Gasteiger partial charge in [0.25, 0.3) is 5.91 Å². The smallest absolute Gasteiger partial charge is 0.252 e. The molecule has 7 heteroatoms. The SMILES string of the molecule is O=C(NCC(c1cccs1)N1CCOCC1)c1ccc(Cl)nc1. The minimum Gasteiger partial charge on any atom is -0.379 e. The van der Waals surface area contributed by atoms with E-state index in [4.69, 9.17) is 16.3 Å².